The van der Waals surface area contributed by atoms with Gasteiger partial charge in [-0.05, 0) is 42.3 Å². The van der Waals surface area contributed by atoms with Crippen molar-refractivity contribution >= 4 is 23.1 Å². The van der Waals surface area contributed by atoms with Crippen LogP contribution in [0.2, 0.25) is 0 Å². The molecule has 2 aromatic heterocycles. The molecule has 5 rings (SSSR count). The number of fused-ring (bicyclic) bond motifs is 5. The summed E-state index contributed by atoms with van der Waals surface area (Å²) >= 11 is 0. The van der Waals surface area contributed by atoms with Gasteiger partial charge in [-0.25, -0.2) is 15.0 Å². The summed E-state index contributed by atoms with van der Waals surface area (Å²) in [7, 11) is 0. The molecule has 0 fully saturated rings. The Morgan fingerprint density at radius 3 is 2.72 bits per heavy atom. The maximum absolute atomic E-state index is 4.88. The summed E-state index contributed by atoms with van der Waals surface area (Å²) in [5.74, 6) is 1.37. The first-order valence-electron chi connectivity index (χ1n) is 9.86. The molecule has 0 saturated heterocycles. The van der Waals surface area contributed by atoms with Crippen LogP contribution in [0, 0.1) is 0 Å². The van der Waals surface area contributed by atoms with Gasteiger partial charge in [-0.3, -0.25) is 0 Å². The van der Waals surface area contributed by atoms with Crippen molar-refractivity contribution in [2.75, 3.05) is 10.6 Å². The minimum Gasteiger partial charge on any atom is -0.339 e. The number of aryl methyl sites for hydroxylation is 1. The number of nitrogens with one attached hydrogen (secondary N) is 2. The summed E-state index contributed by atoms with van der Waals surface area (Å²) in [6.45, 7) is 2.19. The third-order valence-electron chi connectivity index (χ3n) is 5.04. The Bertz CT molecular complexity index is 1190. The SMILES string of the molecule is CCCc1cccc(Nc2ncc3c(n2)-c2cccnc2Nc2ccccc2-3)c1. The molecule has 0 radical (unpaired) electrons. The lowest BCUT2D eigenvalue weighted by molar-refractivity contribution is 0.922. The van der Waals surface area contributed by atoms with Crippen LogP contribution in [0.15, 0.2) is 73.1 Å². The molecule has 29 heavy (non-hydrogen) atoms. The second-order valence-corrected chi connectivity index (χ2v) is 7.10. The standard InChI is InChI=1S/C24H21N5/c1-2-7-16-8-5-9-17(14-16)27-24-26-15-20-18-10-3-4-12-21(18)28-23-19(22(20)29-24)11-6-13-25-23/h3-6,8-15H,2,7H2,1H3,(H,25,28)(H,26,27,29). The molecule has 142 valence electrons. The highest BCUT2D eigenvalue weighted by Crippen LogP contribution is 2.42. The molecule has 0 amide bonds. The Labute approximate surface area is 169 Å². The minimum atomic E-state index is 0.576. The van der Waals surface area contributed by atoms with Crippen molar-refractivity contribution in [1.82, 2.24) is 15.0 Å². The molecule has 5 nitrogen and oxygen atoms in total. The monoisotopic (exact) mass is 379 g/mol. The molecule has 0 saturated carbocycles. The molecule has 1 aliphatic rings. The van der Waals surface area contributed by atoms with Crippen LogP contribution in [-0.2, 0) is 6.42 Å². The van der Waals surface area contributed by atoms with E-state index in [1.165, 1.54) is 5.56 Å². The Morgan fingerprint density at radius 1 is 0.897 bits per heavy atom. The molecule has 1 aliphatic heterocycles. The van der Waals surface area contributed by atoms with Gasteiger partial charge in [0.2, 0.25) is 5.95 Å². The van der Waals surface area contributed by atoms with E-state index < -0.39 is 0 Å². The zero-order chi connectivity index (χ0) is 19.6. The number of rotatable bonds is 4. The lowest BCUT2D eigenvalue weighted by Crippen LogP contribution is -2.00. The summed E-state index contributed by atoms with van der Waals surface area (Å²) in [6, 6.07) is 20.6. The van der Waals surface area contributed by atoms with Crippen LogP contribution >= 0.6 is 0 Å². The quantitative estimate of drug-likeness (QED) is 0.403. The number of hydrogen-bond acceptors (Lipinski definition) is 5. The van der Waals surface area contributed by atoms with Crippen molar-refractivity contribution in [2.24, 2.45) is 0 Å². The molecule has 0 spiro atoms. The van der Waals surface area contributed by atoms with Crippen LogP contribution in [-0.4, -0.2) is 15.0 Å². The van der Waals surface area contributed by atoms with E-state index >= 15 is 0 Å². The predicted molar refractivity (Wildman–Crippen MR) is 118 cm³/mol. The van der Waals surface area contributed by atoms with E-state index in [4.69, 9.17) is 4.98 Å². The summed E-state index contributed by atoms with van der Waals surface area (Å²) in [5, 5.41) is 6.81. The second-order valence-electron chi connectivity index (χ2n) is 7.10. The number of benzene rings is 2. The molecule has 0 aliphatic carbocycles. The third kappa shape index (κ3) is 3.31. The highest BCUT2D eigenvalue weighted by molar-refractivity contribution is 5.95. The van der Waals surface area contributed by atoms with E-state index in [2.05, 4.69) is 51.8 Å². The number of para-hydroxylation sites is 1. The lowest BCUT2D eigenvalue weighted by atomic mass is 10.0. The average molecular weight is 379 g/mol. The summed E-state index contributed by atoms with van der Waals surface area (Å²) in [6.07, 6.45) is 5.86. The maximum Gasteiger partial charge on any atom is 0.227 e. The fraction of sp³-hybridized carbons (Fsp3) is 0.125. The van der Waals surface area contributed by atoms with Crippen molar-refractivity contribution in [1.29, 1.82) is 0 Å². The topological polar surface area (TPSA) is 62.7 Å². The second kappa shape index (κ2) is 7.36. The van der Waals surface area contributed by atoms with Crippen LogP contribution in [0.25, 0.3) is 22.4 Å². The molecular formula is C24H21N5. The van der Waals surface area contributed by atoms with Crippen LogP contribution < -0.4 is 10.6 Å². The summed E-state index contributed by atoms with van der Waals surface area (Å²) < 4.78 is 0. The smallest absolute Gasteiger partial charge is 0.227 e. The number of hydrogen-bond donors (Lipinski definition) is 2. The Balaban J connectivity index is 1.60. The zero-order valence-corrected chi connectivity index (χ0v) is 16.2. The van der Waals surface area contributed by atoms with Gasteiger partial charge >= 0.3 is 0 Å². The fourth-order valence-electron chi connectivity index (χ4n) is 3.72. The molecule has 2 N–H and O–H groups in total. The molecule has 0 atom stereocenters. The van der Waals surface area contributed by atoms with Gasteiger partial charge in [-0.2, -0.15) is 0 Å². The molecular weight excluding hydrogens is 358 g/mol. The average Bonchev–Trinajstić information content (AvgIpc) is 2.89. The van der Waals surface area contributed by atoms with Gasteiger partial charge in [0.25, 0.3) is 0 Å². The minimum absolute atomic E-state index is 0.576. The van der Waals surface area contributed by atoms with Crippen molar-refractivity contribution in [3.05, 3.63) is 78.6 Å². The van der Waals surface area contributed by atoms with Crippen molar-refractivity contribution in [3.63, 3.8) is 0 Å². The predicted octanol–water partition coefficient (Wildman–Crippen LogP) is 5.96. The number of pyridine rings is 1. The Kier molecular flexibility index (Phi) is 4.41. The normalized spacial score (nSPS) is 11.5. The van der Waals surface area contributed by atoms with Gasteiger partial charge in [0.1, 0.15) is 5.82 Å². The van der Waals surface area contributed by atoms with Crippen molar-refractivity contribution < 1.29 is 0 Å². The van der Waals surface area contributed by atoms with Crippen LogP contribution in [0.1, 0.15) is 18.9 Å². The number of nitrogens with zero attached hydrogens (tertiary/aromatic N) is 3. The van der Waals surface area contributed by atoms with Crippen LogP contribution in [0.3, 0.4) is 0 Å². The van der Waals surface area contributed by atoms with Gasteiger partial charge in [-0.15, -0.1) is 0 Å². The van der Waals surface area contributed by atoms with Gasteiger partial charge in [0, 0.05) is 40.5 Å². The summed E-state index contributed by atoms with van der Waals surface area (Å²) in [5.41, 5.74) is 7.19. The van der Waals surface area contributed by atoms with Crippen LogP contribution in [0.5, 0.6) is 0 Å². The van der Waals surface area contributed by atoms with Crippen molar-refractivity contribution in [2.45, 2.75) is 19.8 Å². The van der Waals surface area contributed by atoms with Gasteiger partial charge in [0.15, 0.2) is 0 Å². The largest absolute Gasteiger partial charge is 0.339 e. The van der Waals surface area contributed by atoms with Crippen molar-refractivity contribution in [3.8, 4) is 22.4 Å². The fourth-order valence-corrected chi connectivity index (χ4v) is 3.72. The van der Waals surface area contributed by atoms with E-state index in [9.17, 15) is 0 Å². The lowest BCUT2D eigenvalue weighted by Gasteiger charge is -2.11. The van der Waals surface area contributed by atoms with Gasteiger partial charge < -0.3 is 10.6 Å². The van der Waals surface area contributed by atoms with Crippen LogP contribution in [0.4, 0.5) is 23.1 Å². The first kappa shape index (κ1) is 17.4. The third-order valence-corrected chi connectivity index (χ3v) is 5.04. The van der Waals surface area contributed by atoms with E-state index in [1.807, 2.05) is 42.6 Å². The molecule has 5 heteroatoms. The summed E-state index contributed by atoms with van der Waals surface area (Å²) in [4.78, 5) is 14.0. The first-order chi connectivity index (χ1) is 14.3. The Hall–Kier alpha value is -3.73. The van der Waals surface area contributed by atoms with E-state index in [1.54, 1.807) is 6.20 Å². The van der Waals surface area contributed by atoms with E-state index in [0.29, 0.717) is 5.95 Å². The molecule has 0 bridgehead atoms. The Morgan fingerprint density at radius 2 is 1.79 bits per heavy atom. The number of aromatic nitrogens is 3. The van der Waals surface area contributed by atoms with Gasteiger partial charge in [0.05, 0.1) is 5.69 Å². The number of anilines is 4. The molecule has 0 unspecified atom stereocenters. The zero-order valence-electron chi connectivity index (χ0n) is 16.2. The van der Waals surface area contributed by atoms with E-state index in [-0.39, 0.29) is 0 Å². The first-order valence-corrected chi connectivity index (χ1v) is 9.86. The molecule has 4 aromatic rings. The van der Waals surface area contributed by atoms with E-state index in [0.717, 1.165) is 52.4 Å². The highest BCUT2D eigenvalue weighted by Gasteiger charge is 2.21. The highest BCUT2D eigenvalue weighted by atomic mass is 15.1. The molecule has 2 aromatic carbocycles. The molecule has 3 heterocycles. The maximum atomic E-state index is 4.88. The van der Waals surface area contributed by atoms with Gasteiger partial charge in [-0.1, -0.05) is 43.7 Å².